The van der Waals surface area contributed by atoms with Crippen LogP contribution in [0.2, 0.25) is 0 Å². The SMILES string of the molecule is N#CC(Cl)CN1CC(O)(C2CC2)C1. The molecule has 3 nitrogen and oxygen atoms in total. The van der Waals surface area contributed by atoms with Crippen LogP contribution >= 0.6 is 11.6 Å². The molecule has 72 valence electrons. The molecule has 13 heavy (non-hydrogen) atoms. The Hall–Kier alpha value is -0.300. The van der Waals surface area contributed by atoms with E-state index in [1.165, 1.54) is 0 Å². The second kappa shape index (κ2) is 3.13. The molecule has 1 aliphatic carbocycles. The van der Waals surface area contributed by atoms with Crippen molar-refractivity contribution in [3.8, 4) is 6.07 Å². The number of rotatable bonds is 3. The van der Waals surface area contributed by atoms with Crippen molar-refractivity contribution in [1.82, 2.24) is 4.90 Å². The Bertz CT molecular complexity index is 240. The van der Waals surface area contributed by atoms with Gasteiger partial charge in [0.15, 0.2) is 0 Å². The molecule has 0 spiro atoms. The van der Waals surface area contributed by atoms with Crippen LogP contribution in [0.5, 0.6) is 0 Å². The number of nitriles is 1. The van der Waals surface area contributed by atoms with Gasteiger partial charge in [0.1, 0.15) is 5.38 Å². The van der Waals surface area contributed by atoms with Crippen molar-refractivity contribution >= 4 is 11.6 Å². The molecule has 0 aromatic carbocycles. The van der Waals surface area contributed by atoms with E-state index in [-0.39, 0.29) is 0 Å². The predicted molar refractivity (Wildman–Crippen MR) is 49.4 cm³/mol. The van der Waals surface area contributed by atoms with Gasteiger partial charge < -0.3 is 5.11 Å². The van der Waals surface area contributed by atoms with Gasteiger partial charge in [0.2, 0.25) is 0 Å². The monoisotopic (exact) mass is 200 g/mol. The number of hydrogen-bond donors (Lipinski definition) is 1. The summed E-state index contributed by atoms with van der Waals surface area (Å²) in [5.74, 6) is 0.514. The van der Waals surface area contributed by atoms with Crippen LogP contribution < -0.4 is 0 Å². The molecule has 2 fully saturated rings. The highest BCUT2D eigenvalue weighted by atomic mass is 35.5. The molecule has 1 saturated heterocycles. The van der Waals surface area contributed by atoms with Crippen LogP contribution in [-0.2, 0) is 0 Å². The Morgan fingerprint density at radius 1 is 1.62 bits per heavy atom. The molecule has 0 amide bonds. The Morgan fingerprint density at radius 2 is 2.23 bits per heavy atom. The number of β-amino-alcohol motifs (C(OH)–C–C–N with tert-alkyl or cyclic N) is 1. The molecule has 1 aliphatic heterocycles. The van der Waals surface area contributed by atoms with Gasteiger partial charge >= 0.3 is 0 Å². The molecule has 4 heteroatoms. The van der Waals surface area contributed by atoms with Crippen LogP contribution in [0, 0.1) is 17.2 Å². The minimum Gasteiger partial charge on any atom is -0.387 e. The van der Waals surface area contributed by atoms with Crippen molar-refractivity contribution < 1.29 is 5.11 Å². The van der Waals surface area contributed by atoms with E-state index in [4.69, 9.17) is 16.9 Å². The summed E-state index contributed by atoms with van der Waals surface area (Å²) in [5.41, 5.74) is -0.452. The average Bonchev–Trinajstić information content (AvgIpc) is 2.83. The van der Waals surface area contributed by atoms with Gasteiger partial charge in [-0.05, 0) is 18.8 Å². The number of hydrogen-bond acceptors (Lipinski definition) is 3. The van der Waals surface area contributed by atoms with Crippen LogP contribution in [0.3, 0.4) is 0 Å². The van der Waals surface area contributed by atoms with Gasteiger partial charge in [-0.25, -0.2) is 0 Å². The summed E-state index contributed by atoms with van der Waals surface area (Å²) in [7, 11) is 0. The lowest BCUT2D eigenvalue weighted by atomic mass is 9.89. The summed E-state index contributed by atoms with van der Waals surface area (Å²) in [6.07, 6.45) is 2.32. The molecule has 2 rings (SSSR count). The van der Waals surface area contributed by atoms with E-state index in [1.807, 2.05) is 11.0 Å². The van der Waals surface area contributed by atoms with Gasteiger partial charge in [0.05, 0.1) is 11.7 Å². The van der Waals surface area contributed by atoms with E-state index in [1.54, 1.807) is 0 Å². The quantitative estimate of drug-likeness (QED) is 0.678. The highest BCUT2D eigenvalue weighted by Crippen LogP contribution is 2.44. The van der Waals surface area contributed by atoms with Crippen LogP contribution in [0.15, 0.2) is 0 Å². The minimum absolute atomic E-state index is 0.441. The summed E-state index contributed by atoms with van der Waals surface area (Å²) >= 11 is 5.68. The number of alkyl halides is 1. The molecule has 1 N–H and O–H groups in total. The van der Waals surface area contributed by atoms with E-state index in [9.17, 15) is 5.11 Å². The third kappa shape index (κ3) is 1.80. The zero-order valence-corrected chi connectivity index (χ0v) is 8.17. The fourth-order valence-corrected chi connectivity index (χ4v) is 2.20. The van der Waals surface area contributed by atoms with Crippen molar-refractivity contribution in [3.63, 3.8) is 0 Å². The first-order chi connectivity index (χ1) is 6.14. The fourth-order valence-electron chi connectivity index (χ4n) is 2.00. The maximum atomic E-state index is 9.94. The third-order valence-corrected chi connectivity index (χ3v) is 3.13. The van der Waals surface area contributed by atoms with Crippen molar-refractivity contribution in [3.05, 3.63) is 0 Å². The van der Waals surface area contributed by atoms with Gasteiger partial charge in [-0.3, -0.25) is 4.90 Å². The first-order valence-corrected chi connectivity index (χ1v) is 5.06. The molecule has 2 aliphatic rings. The zero-order chi connectivity index (χ0) is 9.47. The molecule has 1 heterocycles. The van der Waals surface area contributed by atoms with E-state index in [0.717, 1.165) is 12.8 Å². The normalized spacial score (nSPS) is 29.0. The maximum Gasteiger partial charge on any atom is 0.133 e. The summed E-state index contributed by atoms with van der Waals surface area (Å²) < 4.78 is 0. The average molecular weight is 201 g/mol. The zero-order valence-electron chi connectivity index (χ0n) is 7.41. The van der Waals surface area contributed by atoms with Crippen LogP contribution in [0.1, 0.15) is 12.8 Å². The Labute approximate surface area is 82.9 Å². The number of likely N-dealkylation sites (tertiary alicyclic amines) is 1. The van der Waals surface area contributed by atoms with Crippen molar-refractivity contribution in [2.45, 2.75) is 23.8 Å². The van der Waals surface area contributed by atoms with Crippen LogP contribution in [0.25, 0.3) is 0 Å². The Kier molecular flexibility index (Phi) is 2.23. The molecule has 0 aromatic rings. The molecule has 1 saturated carbocycles. The lowest BCUT2D eigenvalue weighted by Crippen LogP contribution is -2.63. The van der Waals surface area contributed by atoms with Gasteiger partial charge in [-0.2, -0.15) is 5.26 Å². The second-order valence-electron chi connectivity index (χ2n) is 4.14. The van der Waals surface area contributed by atoms with Gasteiger partial charge in [0, 0.05) is 19.6 Å². The molecule has 1 unspecified atom stereocenters. The lowest BCUT2D eigenvalue weighted by molar-refractivity contribution is -0.111. The number of halogens is 1. The summed E-state index contributed by atoms with van der Waals surface area (Å²) in [4.78, 5) is 2.04. The van der Waals surface area contributed by atoms with Crippen molar-refractivity contribution in [2.75, 3.05) is 19.6 Å². The van der Waals surface area contributed by atoms with Crippen molar-refractivity contribution in [1.29, 1.82) is 5.26 Å². The molecule has 0 radical (unpaired) electrons. The second-order valence-corrected chi connectivity index (χ2v) is 4.67. The first-order valence-electron chi connectivity index (χ1n) is 4.62. The van der Waals surface area contributed by atoms with E-state index in [2.05, 4.69) is 0 Å². The summed E-state index contributed by atoms with van der Waals surface area (Å²) in [5, 5.41) is 18.0. The lowest BCUT2D eigenvalue weighted by Gasteiger charge is -2.47. The highest BCUT2D eigenvalue weighted by molar-refractivity contribution is 6.22. The Balaban J connectivity index is 1.75. The van der Waals surface area contributed by atoms with E-state index >= 15 is 0 Å². The van der Waals surface area contributed by atoms with Gasteiger partial charge in [-0.15, -0.1) is 11.6 Å². The minimum atomic E-state index is -0.452. The highest BCUT2D eigenvalue weighted by Gasteiger charge is 2.51. The predicted octanol–water partition coefficient (Wildman–Crippen LogP) is 0.574. The standard InChI is InChI=1S/C9H13ClN2O/c10-8(3-11)4-12-5-9(13,6-12)7-1-2-7/h7-8,13H,1-2,4-6H2. The maximum absolute atomic E-state index is 9.94. The molecule has 0 bridgehead atoms. The molecular formula is C9H13ClN2O. The van der Waals surface area contributed by atoms with Crippen LogP contribution in [0.4, 0.5) is 0 Å². The summed E-state index contributed by atoms with van der Waals surface area (Å²) in [6, 6.07) is 1.98. The van der Waals surface area contributed by atoms with Crippen LogP contribution in [-0.4, -0.2) is 40.6 Å². The molecule has 1 atom stereocenters. The van der Waals surface area contributed by atoms with E-state index < -0.39 is 11.0 Å². The summed E-state index contributed by atoms with van der Waals surface area (Å²) in [6.45, 7) is 1.97. The number of nitrogens with zero attached hydrogens (tertiary/aromatic N) is 2. The Morgan fingerprint density at radius 3 is 2.69 bits per heavy atom. The van der Waals surface area contributed by atoms with Gasteiger partial charge in [-0.1, -0.05) is 0 Å². The fraction of sp³-hybridized carbons (Fsp3) is 0.889. The topological polar surface area (TPSA) is 47.3 Å². The van der Waals surface area contributed by atoms with E-state index in [0.29, 0.717) is 25.6 Å². The van der Waals surface area contributed by atoms with Gasteiger partial charge in [0.25, 0.3) is 0 Å². The smallest absolute Gasteiger partial charge is 0.133 e. The largest absolute Gasteiger partial charge is 0.387 e. The molecular weight excluding hydrogens is 188 g/mol. The number of aliphatic hydroxyl groups is 1. The molecule has 0 aromatic heterocycles. The third-order valence-electron chi connectivity index (χ3n) is 2.89. The van der Waals surface area contributed by atoms with Crippen molar-refractivity contribution in [2.24, 2.45) is 5.92 Å². The first kappa shape index (κ1) is 9.26.